The Morgan fingerprint density at radius 1 is 1.17 bits per heavy atom. The molecule has 0 heterocycles. The minimum Gasteiger partial charge on any atom is -0.445 e. The van der Waals surface area contributed by atoms with Gasteiger partial charge in [-0.2, -0.15) is 5.26 Å². The summed E-state index contributed by atoms with van der Waals surface area (Å²) in [5, 5.41) is 9.42. The van der Waals surface area contributed by atoms with Crippen LogP contribution in [0.3, 0.4) is 0 Å². The van der Waals surface area contributed by atoms with E-state index in [1.54, 1.807) is 6.08 Å². The number of benzene rings is 1. The van der Waals surface area contributed by atoms with Crippen LogP contribution in [-0.2, 0) is 30.3 Å². The molecule has 0 unspecified atom stereocenters. The zero-order valence-electron chi connectivity index (χ0n) is 17.6. The highest BCUT2D eigenvalue weighted by Gasteiger charge is 2.36. The average molecular weight is 418 g/mol. The quantitative estimate of drug-likeness (QED) is 0.319. The van der Waals surface area contributed by atoms with Gasteiger partial charge in [0.25, 0.3) is 0 Å². The van der Waals surface area contributed by atoms with Gasteiger partial charge >= 0.3 is 6.09 Å². The second kappa shape index (κ2) is 15.2. The highest BCUT2D eigenvalue weighted by atomic mass is 16.7. The fraction of sp³-hybridized carbons (Fsp3) is 0.455. The van der Waals surface area contributed by atoms with Gasteiger partial charge in [-0.1, -0.05) is 42.5 Å². The van der Waals surface area contributed by atoms with E-state index in [0.717, 1.165) is 5.56 Å². The minimum atomic E-state index is -0.749. The fourth-order valence-electron chi connectivity index (χ4n) is 2.80. The molecule has 0 aliphatic carbocycles. The molecule has 0 saturated heterocycles. The minimum absolute atomic E-state index is 0.0112. The number of rotatable bonds is 15. The normalized spacial score (nSPS) is 13.5. The summed E-state index contributed by atoms with van der Waals surface area (Å²) in [7, 11) is 2.97. The van der Waals surface area contributed by atoms with Crippen LogP contribution >= 0.6 is 0 Å². The van der Waals surface area contributed by atoms with Crippen LogP contribution in [0.4, 0.5) is 4.79 Å². The summed E-state index contributed by atoms with van der Waals surface area (Å²) in [6.07, 6.45) is 1.06. The van der Waals surface area contributed by atoms with Crippen LogP contribution in [0, 0.1) is 11.3 Å². The van der Waals surface area contributed by atoms with Gasteiger partial charge < -0.3 is 23.7 Å². The summed E-state index contributed by atoms with van der Waals surface area (Å²) in [6.45, 7) is 7.66. The molecule has 0 spiro atoms. The third-order valence-electron chi connectivity index (χ3n) is 4.16. The molecule has 0 aromatic heterocycles. The van der Waals surface area contributed by atoms with Crippen LogP contribution in [0.1, 0.15) is 12.0 Å². The lowest BCUT2D eigenvalue weighted by Crippen LogP contribution is -2.52. The van der Waals surface area contributed by atoms with Gasteiger partial charge in [-0.05, 0) is 5.56 Å². The van der Waals surface area contributed by atoms with Gasteiger partial charge in [-0.3, -0.25) is 4.90 Å². The zero-order chi connectivity index (χ0) is 22.2. The predicted octanol–water partition coefficient (Wildman–Crippen LogP) is 3.26. The van der Waals surface area contributed by atoms with Crippen LogP contribution in [0.2, 0.25) is 0 Å². The van der Waals surface area contributed by atoms with Crippen molar-refractivity contribution in [2.24, 2.45) is 0 Å². The van der Waals surface area contributed by atoms with Gasteiger partial charge in [-0.15, -0.1) is 13.2 Å². The molecular formula is C22H30N2O6. The number of amides is 1. The van der Waals surface area contributed by atoms with Gasteiger partial charge in [0.05, 0.1) is 18.5 Å². The summed E-state index contributed by atoms with van der Waals surface area (Å²) in [5.74, 6) is 0. The third-order valence-corrected chi connectivity index (χ3v) is 4.16. The number of carbonyl (C=O) groups is 1. The van der Waals surface area contributed by atoms with Crippen molar-refractivity contribution in [3.8, 4) is 6.07 Å². The van der Waals surface area contributed by atoms with Gasteiger partial charge in [0.1, 0.15) is 32.4 Å². The first-order chi connectivity index (χ1) is 14.6. The molecule has 1 amide bonds. The Morgan fingerprint density at radius 2 is 1.83 bits per heavy atom. The average Bonchev–Trinajstić information content (AvgIpc) is 2.77. The molecule has 30 heavy (non-hydrogen) atoms. The Balaban J connectivity index is 3.09. The first kappa shape index (κ1) is 25.3. The van der Waals surface area contributed by atoms with Crippen LogP contribution in [0.25, 0.3) is 0 Å². The lowest BCUT2D eigenvalue weighted by Gasteiger charge is -2.37. The highest BCUT2D eigenvalue weighted by molar-refractivity contribution is 5.68. The van der Waals surface area contributed by atoms with Gasteiger partial charge in [0.15, 0.2) is 0 Å². The predicted molar refractivity (Wildman–Crippen MR) is 111 cm³/mol. The zero-order valence-corrected chi connectivity index (χ0v) is 17.6. The highest BCUT2D eigenvalue weighted by Crippen LogP contribution is 2.20. The summed E-state index contributed by atoms with van der Waals surface area (Å²) >= 11 is 0. The largest absolute Gasteiger partial charge is 0.445 e. The molecule has 0 radical (unpaired) electrons. The molecule has 0 saturated carbocycles. The molecule has 0 bridgehead atoms. The number of hydrogen-bond acceptors (Lipinski definition) is 7. The number of carbonyl (C=O) groups excluding carboxylic acids is 1. The molecule has 1 rings (SSSR count). The van der Waals surface area contributed by atoms with Crippen LogP contribution < -0.4 is 0 Å². The number of ether oxygens (including phenoxy) is 5. The molecule has 3 atom stereocenters. The van der Waals surface area contributed by atoms with Crippen molar-refractivity contribution in [1.82, 2.24) is 4.90 Å². The topological polar surface area (TPSA) is 90.3 Å². The fourth-order valence-corrected chi connectivity index (χ4v) is 2.80. The van der Waals surface area contributed by atoms with Gasteiger partial charge in [-0.25, -0.2) is 4.79 Å². The first-order valence-electron chi connectivity index (χ1n) is 9.41. The first-order valence-corrected chi connectivity index (χ1v) is 9.41. The Hall–Kier alpha value is -2.70. The van der Waals surface area contributed by atoms with Crippen molar-refractivity contribution < 1.29 is 28.5 Å². The maximum absolute atomic E-state index is 12.9. The molecule has 0 aliphatic heterocycles. The van der Waals surface area contributed by atoms with Crippen molar-refractivity contribution in [2.75, 3.05) is 34.4 Å². The maximum atomic E-state index is 12.9. The molecule has 0 fully saturated rings. The molecule has 1 aromatic rings. The molecule has 8 nitrogen and oxygen atoms in total. The molecule has 1 aromatic carbocycles. The molecular weight excluding hydrogens is 388 g/mol. The molecule has 164 valence electrons. The van der Waals surface area contributed by atoms with E-state index in [0.29, 0.717) is 0 Å². The Bertz CT molecular complexity index is 676. The number of methoxy groups -OCH3 is 2. The van der Waals surface area contributed by atoms with Crippen LogP contribution in [0.5, 0.6) is 0 Å². The van der Waals surface area contributed by atoms with E-state index in [4.69, 9.17) is 23.7 Å². The smallest absolute Gasteiger partial charge is 0.410 e. The number of hydrogen-bond donors (Lipinski definition) is 0. The van der Waals surface area contributed by atoms with E-state index in [2.05, 4.69) is 19.2 Å². The van der Waals surface area contributed by atoms with Crippen molar-refractivity contribution in [3.63, 3.8) is 0 Å². The Labute approximate surface area is 178 Å². The summed E-state index contributed by atoms with van der Waals surface area (Å²) in [6, 6.07) is 10.7. The molecule has 8 heteroatoms. The van der Waals surface area contributed by atoms with Crippen LogP contribution in [0.15, 0.2) is 55.6 Å². The molecule has 0 aliphatic rings. The molecule has 0 N–H and O–H groups in total. The van der Waals surface area contributed by atoms with Crippen molar-refractivity contribution >= 4 is 6.09 Å². The Kier molecular flexibility index (Phi) is 12.8. The van der Waals surface area contributed by atoms with E-state index >= 15 is 0 Å². The van der Waals surface area contributed by atoms with Gasteiger partial charge in [0.2, 0.25) is 0 Å². The van der Waals surface area contributed by atoms with Crippen molar-refractivity contribution in [1.29, 1.82) is 5.26 Å². The van der Waals surface area contributed by atoms with E-state index in [1.165, 1.54) is 25.2 Å². The lowest BCUT2D eigenvalue weighted by molar-refractivity contribution is -0.160. The monoisotopic (exact) mass is 418 g/mol. The van der Waals surface area contributed by atoms with Gasteiger partial charge in [0, 0.05) is 20.8 Å². The number of nitriles is 1. The standard InChI is InChI=1S/C22H30N2O6/c1-5-14-24(22(25)28-15-18-10-8-7-9-11-18)19(12-13-23)21(30-17-27-4)20(6-2)29-16-26-3/h5-11,19-21H,1-2,12,14-17H2,3-4H3/t19-,20-,21-/m0/s1. The summed E-state index contributed by atoms with van der Waals surface area (Å²) < 4.78 is 26.9. The SMILES string of the molecule is C=CCN(C(=O)OCc1ccccc1)[C@@H](CC#N)[C@H](OCOC)[C@H](C=C)OCOC. The van der Waals surface area contributed by atoms with E-state index in [1.807, 2.05) is 30.3 Å². The summed E-state index contributed by atoms with van der Waals surface area (Å²) in [4.78, 5) is 14.3. The second-order valence-electron chi connectivity index (χ2n) is 6.22. The number of nitrogens with zero attached hydrogens (tertiary/aromatic N) is 2. The van der Waals surface area contributed by atoms with E-state index in [-0.39, 0.29) is 33.2 Å². The Morgan fingerprint density at radius 3 is 2.40 bits per heavy atom. The lowest BCUT2D eigenvalue weighted by atomic mass is 10.0. The van der Waals surface area contributed by atoms with E-state index < -0.39 is 24.3 Å². The van der Waals surface area contributed by atoms with Crippen molar-refractivity contribution in [2.45, 2.75) is 31.3 Å². The van der Waals surface area contributed by atoms with E-state index in [9.17, 15) is 10.1 Å². The van der Waals surface area contributed by atoms with Crippen molar-refractivity contribution in [3.05, 3.63) is 61.2 Å². The second-order valence-corrected chi connectivity index (χ2v) is 6.22. The third kappa shape index (κ3) is 8.35. The summed E-state index contributed by atoms with van der Waals surface area (Å²) in [5.41, 5.74) is 0.848. The maximum Gasteiger partial charge on any atom is 0.410 e. The van der Waals surface area contributed by atoms with Crippen LogP contribution in [-0.4, -0.2) is 63.6 Å².